The van der Waals surface area contributed by atoms with Crippen LogP contribution < -0.4 is 25.8 Å². The van der Waals surface area contributed by atoms with Crippen LogP contribution in [-0.2, 0) is 22.4 Å². The average Bonchev–Trinajstić information content (AvgIpc) is 3.38. The summed E-state index contributed by atoms with van der Waals surface area (Å²) in [6.07, 6.45) is 18.1. The van der Waals surface area contributed by atoms with Crippen LogP contribution in [0.15, 0.2) is 143 Å². The Morgan fingerprint density at radius 1 is 0.800 bits per heavy atom. The summed E-state index contributed by atoms with van der Waals surface area (Å²) in [6, 6.07) is 29.1. The van der Waals surface area contributed by atoms with Crippen molar-refractivity contribution in [3.63, 3.8) is 0 Å². The van der Waals surface area contributed by atoms with Crippen LogP contribution in [0.5, 0.6) is 11.5 Å². The molecule has 4 aromatic rings. The van der Waals surface area contributed by atoms with E-state index in [4.69, 9.17) is 35.4 Å². The Morgan fingerprint density at radius 3 is 2.23 bits per heavy atom. The van der Waals surface area contributed by atoms with E-state index >= 15 is 0 Å². The number of thioether (sulfide) groups is 1. The number of aryl methyl sites for hydroxylation is 1. The zero-order valence-electron chi connectivity index (χ0n) is 41.5. The minimum absolute atomic E-state index is 0.111. The average molecular weight is 970 g/mol. The molecule has 0 aromatic heterocycles. The highest BCUT2D eigenvalue weighted by atomic mass is 32.2. The first-order valence-corrected chi connectivity index (χ1v) is 25.7. The van der Waals surface area contributed by atoms with Gasteiger partial charge in [-0.15, -0.1) is 0 Å². The summed E-state index contributed by atoms with van der Waals surface area (Å²) in [6.45, 7) is 19.6. The Kier molecular flexibility index (Phi) is 26.4. The minimum atomic E-state index is -0.469. The van der Waals surface area contributed by atoms with Crippen molar-refractivity contribution < 1.29 is 23.8 Å². The number of ether oxygens (including phenoxy) is 3. The lowest BCUT2D eigenvalue weighted by molar-refractivity contribution is -0.116. The molecule has 0 saturated carbocycles. The molecule has 0 radical (unpaired) electrons. The Morgan fingerprint density at radius 2 is 1.50 bits per heavy atom. The summed E-state index contributed by atoms with van der Waals surface area (Å²) in [7, 11) is 0. The normalized spacial score (nSPS) is 11.2. The van der Waals surface area contributed by atoms with Crippen molar-refractivity contribution in [2.75, 3.05) is 44.7 Å². The third-order valence-corrected chi connectivity index (χ3v) is 12.4. The second-order valence-electron chi connectivity index (χ2n) is 16.8. The number of esters is 1. The molecule has 0 heterocycles. The van der Waals surface area contributed by atoms with E-state index in [0.717, 1.165) is 123 Å². The van der Waals surface area contributed by atoms with Gasteiger partial charge >= 0.3 is 5.97 Å². The van der Waals surface area contributed by atoms with Gasteiger partial charge in [-0.3, -0.25) is 20.2 Å². The summed E-state index contributed by atoms with van der Waals surface area (Å²) in [5.41, 5.74) is 11.5. The number of carbonyl (C=O) groups is 2. The number of unbranched alkanes of at least 4 members (excludes halogenated alkanes) is 9. The first kappa shape index (κ1) is 56.0. The SMILES string of the molecule is C=CC(=N)OCCCCCCOc1ccc(C(N)=NCCc2ccc(OC(=O)c3ccc(NCCCCCCNC(=O)C=C)cc3)c(/C=N/N(CCCCCC)C(=C)Sc3ccccc3CC)c2)cc1. The largest absolute Gasteiger partial charge is 0.494 e. The molecule has 0 unspecified atom stereocenters. The Hall–Kier alpha value is -6.60. The smallest absolute Gasteiger partial charge is 0.343 e. The highest BCUT2D eigenvalue weighted by molar-refractivity contribution is 8.03. The number of benzene rings is 4. The van der Waals surface area contributed by atoms with E-state index in [1.165, 1.54) is 17.7 Å². The lowest BCUT2D eigenvalue weighted by atomic mass is 10.1. The third kappa shape index (κ3) is 21.4. The molecule has 12 nitrogen and oxygen atoms in total. The molecule has 0 aliphatic rings. The molecule has 4 rings (SSSR count). The van der Waals surface area contributed by atoms with Crippen LogP contribution in [0.1, 0.15) is 124 Å². The summed E-state index contributed by atoms with van der Waals surface area (Å²) in [4.78, 5) is 30.8. The van der Waals surface area contributed by atoms with Crippen molar-refractivity contribution >= 4 is 47.3 Å². The summed E-state index contributed by atoms with van der Waals surface area (Å²) >= 11 is 1.62. The van der Waals surface area contributed by atoms with E-state index in [1.807, 2.05) is 65.7 Å². The van der Waals surface area contributed by atoms with Crippen LogP contribution in [0.4, 0.5) is 5.69 Å². The Balaban J connectivity index is 1.43. The van der Waals surface area contributed by atoms with Crippen molar-refractivity contribution in [1.82, 2.24) is 10.3 Å². The van der Waals surface area contributed by atoms with Gasteiger partial charge in [-0.2, -0.15) is 5.10 Å². The van der Waals surface area contributed by atoms with Crippen molar-refractivity contribution in [1.29, 1.82) is 5.41 Å². The van der Waals surface area contributed by atoms with Crippen molar-refractivity contribution in [2.24, 2.45) is 15.8 Å². The van der Waals surface area contributed by atoms with Gasteiger partial charge in [-0.1, -0.05) is 102 Å². The maximum atomic E-state index is 13.7. The van der Waals surface area contributed by atoms with E-state index in [9.17, 15) is 9.59 Å². The van der Waals surface area contributed by atoms with Crippen LogP contribution in [0.2, 0.25) is 0 Å². The zero-order valence-corrected chi connectivity index (χ0v) is 42.3. The fraction of sp³-hybridized carbons (Fsp3) is 0.386. The number of hydrogen-bond donors (Lipinski definition) is 4. The summed E-state index contributed by atoms with van der Waals surface area (Å²) in [5, 5.41) is 21.5. The van der Waals surface area contributed by atoms with E-state index in [-0.39, 0.29) is 11.8 Å². The molecule has 0 spiro atoms. The molecule has 374 valence electrons. The summed E-state index contributed by atoms with van der Waals surface area (Å²) < 4.78 is 17.3. The number of aliphatic imine (C=N–C) groups is 1. The van der Waals surface area contributed by atoms with Crippen LogP contribution in [-0.4, -0.2) is 74.2 Å². The first-order valence-electron chi connectivity index (χ1n) is 24.9. The molecule has 0 fully saturated rings. The Bertz CT molecular complexity index is 2310. The van der Waals surface area contributed by atoms with Crippen molar-refractivity contribution in [3.8, 4) is 11.5 Å². The zero-order chi connectivity index (χ0) is 50.2. The number of nitrogens with two attached hydrogens (primary N) is 1. The quantitative estimate of drug-likeness (QED) is 0.00513. The number of amides is 1. The fourth-order valence-electron chi connectivity index (χ4n) is 7.20. The maximum absolute atomic E-state index is 13.7. The Labute approximate surface area is 421 Å². The number of hydrogen-bond acceptors (Lipinski definition) is 11. The lowest BCUT2D eigenvalue weighted by Gasteiger charge is -2.22. The number of hydrazone groups is 1. The number of nitrogens with zero attached hydrogens (tertiary/aromatic N) is 3. The van der Waals surface area contributed by atoms with Gasteiger partial charge < -0.3 is 30.6 Å². The van der Waals surface area contributed by atoms with Gasteiger partial charge in [0.1, 0.15) is 17.3 Å². The molecule has 0 aliphatic carbocycles. The third-order valence-electron chi connectivity index (χ3n) is 11.3. The van der Waals surface area contributed by atoms with Crippen LogP contribution in [0, 0.1) is 5.41 Å². The topological polar surface area (TPSA) is 164 Å². The van der Waals surface area contributed by atoms with E-state index in [1.54, 1.807) is 30.1 Å². The van der Waals surface area contributed by atoms with Crippen LogP contribution >= 0.6 is 11.8 Å². The van der Waals surface area contributed by atoms with Gasteiger partial charge in [0.15, 0.2) is 0 Å². The minimum Gasteiger partial charge on any atom is -0.494 e. The van der Waals surface area contributed by atoms with Gasteiger partial charge in [0, 0.05) is 47.9 Å². The lowest BCUT2D eigenvalue weighted by Crippen LogP contribution is -2.21. The predicted octanol–water partition coefficient (Wildman–Crippen LogP) is 12.3. The van der Waals surface area contributed by atoms with Gasteiger partial charge in [0.05, 0.1) is 30.0 Å². The highest BCUT2D eigenvalue weighted by Gasteiger charge is 2.15. The molecule has 0 aliphatic heterocycles. The standard InChI is InChI=1S/C57H75N7O5S/c1-6-10-11-20-39-64(44(5)70-53-24-17-16-23-46(53)7-2)63-43-49-42-45(35-38-62-56(59)47-28-32-51(33-29-47)67-40-21-14-15-22-41-68-54(58)8-3)25-34-52(49)69-57(66)48-26-30-50(31-27-48)60-36-18-12-13-19-37-61-55(65)9-4/h8-9,16-17,23-34,42-43,58,60H,3-7,10-15,18-22,35-41H2,1-2H3,(H2,59,62)(H,61,65)/b58-54?,63-43+. The molecule has 1 amide bonds. The molecule has 13 heteroatoms. The predicted molar refractivity (Wildman–Crippen MR) is 291 cm³/mol. The second-order valence-corrected chi connectivity index (χ2v) is 17.9. The van der Waals surface area contributed by atoms with E-state index in [2.05, 4.69) is 62.4 Å². The number of nitrogens with one attached hydrogen (secondary N) is 3. The number of carbonyl (C=O) groups excluding carboxylic acids is 2. The molecule has 0 bridgehead atoms. The monoisotopic (exact) mass is 970 g/mol. The number of rotatable bonds is 35. The molecule has 70 heavy (non-hydrogen) atoms. The van der Waals surface area contributed by atoms with Gasteiger partial charge in [-0.05, 0) is 148 Å². The number of anilines is 1. The summed E-state index contributed by atoms with van der Waals surface area (Å²) in [5.74, 6) is 1.11. The van der Waals surface area contributed by atoms with Gasteiger partial charge in [0.25, 0.3) is 0 Å². The number of amidine groups is 1. The van der Waals surface area contributed by atoms with Crippen LogP contribution in [0.25, 0.3) is 0 Å². The van der Waals surface area contributed by atoms with Gasteiger partial charge in [0.2, 0.25) is 11.8 Å². The molecule has 0 saturated heterocycles. The molecule has 4 aromatic carbocycles. The molecule has 5 N–H and O–H groups in total. The maximum Gasteiger partial charge on any atom is 0.343 e. The molecular weight excluding hydrogens is 895 g/mol. The van der Waals surface area contributed by atoms with Gasteiger partial charge in [-0.25, -0.2) is 4.79 Å². The molecule has 0 atom stereocenters. The fourth-order valence-corrected chi connectivity index (χ4v) is 8.19. The molecular formula is C57H75N7O5S. The van der Waals surface area contributed by atoms with Crippen LogP contribution in [0.3, 0.4) is 0 Å². The van der Waals surface area contributed by atoms with E-state index < -0.39 is 5.97 Å². The van der Waals surface area contributed by atoms with E-state index in [0.29, 0.717) is 62.0 Å². The second kappa shape index (κ2) is 33.0. The highest BCUT2D eigenvalue weighted by Crippen LogP contribution is 2.32. The first-order chi connectivity index (χ1) is 34.1. The van der Waals surface area contributed by atoms with Crippen molar-refractivity contribution in [3.05, 3.63) is 156 Å². The van der Waals surface area contributed by atoms with Crippen molar-refractivity contribution in [2.45, 2.75) is 109 Å².